The lowest BCUT2D eigenvalue weighted by atomic mass is 10.2. The third kappa shape index (κ3) is 6.93. The molecule has 1 aromatic heterocycles. The zero-order valence-electron chi connectivity index (χ0n) is 15.7. The van der Waals surface area contributed by atoms with Crippen LogP contribution in [-0.2, 0) is 11.3 Å². The molecule has 27 heavy (non-hydrogen) atoms. The fraction of sp³-hybridized carbons (Fsp3) is 0.474. The smallest absolute Gasteiger partial charge is 0.191 e. The summed E-state index contributed by atoms with van der Waals surface area (Å²) in [5.74, 6) is 0.979. The number of aliphatic imine (C=N–C) groups is 1. The van der Waals surface area contributed by atoms with Crippen molar-refractivity contribution in [3.63, 3.8) is 0 Å². The van der Waals surface area contributed by atoms with Gasteiger partial charge in [-0.05, 0) is 11.5 Å². The molecule has 6 nitrogen and oxygen atoms in total. The predicted octanol–water partition coefficient (Wildman–Crippen LogP) is 3.05. The van der Waals surface area contributed by atoms with Crippen LogP contribution in [0.5, 0.6) is 0 Å². The molecule has 0 aliphatic carbocycles. The predicted molar refractivity (Wildman–Crippen MR) is 123 cm³/mol. The molecule has 1 aliphatic heterocycles. The summed E-state index contributed by atoms with van der Waals surface area (Å²) in [7, 11) is 0. The summed E-state index contributed by atoms with van der Waals surface area (Å²) in [6.45, 7) is 7.78. The zero-order valence-corrected chi connectivity index (χ0v) is 18.8. The van der Waals surface area contributed by atoms with Crippen LogP contribution in [0.25, 0.3) is 0 Å². The number of hydrogen-bond donors (Lipinski definition) is 1. The molecule has 1 unspecified atom stereocenters. The Labute approximate surface area is 182 Å². The fourth-order valence-electron chi connectivity index (χ4n) is 2.85. The van der Waals surface area contributed by atoms with E-state index in [1.807, 2.05) is 29.8 Å². The number of guanidine groups is 1. The monoisotopic (exact) mass is 501 g/mol. The van der Waals surface area contributed by atoms with Gasteiger partial charge in [0, 0.05) is 44.3 Å². The van der Waals surface area contributed by atoms with Crippen molar-refractivity contribution in [3.8, 4) is 0 Å². The fourth-order valence-corrected chi connectivity index (χ4v) is 3.55. The lowest BCUT2D eigenvalue weighted by molar-refractivity contribution is 0.0944. The minimum Gasteiger partial charge on any atom is -0.376 e. The maximum absolute atomic E-state index is 6.18. The first kappa shape index (κ1) is 21.9. The first-order valence-electron chi connectivity index (χ1n) is 9.03. The standard InChI is InChI=1S/C19H27N5OS.HI/c1-16(14-25-15-17-5-3-2-4-6-17)13-22-18(20)23-8-10-24(11-9-23)19-21-7-12-26-19;/h2-7,12,16H,8-11,13-15H2,1H3,(H2,20,22);1H. The third-order valence-electron chi connectivity index (χ3n) is 4.37. The Morgan fingerprint density at radius 1 is 1.26 bits per heavy atom. The Morgan fingerprint density at radius 3 is 2.67 bits per heavy atom. The second-order valence-corrected chi connectivity index (χ2v) is 7.47. The molecule has 2 aromatic rings. The highest BCUT2D eigenvalue weighted by atomic mass is 127. The Hall–Kier alpha value is -1.39. The van der Waals surface area contributed by atoms with Crippen LogP contribution < -0.4 is 10.6 Å². The van der Waals surface area contributed by atoms with Gasteiger partial charge < -0.3 is 20.3 Å². The number of piperazine rings is 1. The molecule has 0 bridgehead atoms. The molecule has 1 saturated heterocycles. The van der Waals surface area contributed by atoms with E-state index in [9.17, 15) is 0 Å². The molecule has 0 amide bonds. The second-order valence-electron chi connectivity index (χ2n) is 6.59. The number of aromatic nitrogens is 1. The Balaban J connectivity index is 0.00000261. The first-order chi connectivity index (χ1) is 12.7. The van der Waals surface area contributed by atoms with Gasteiger partial charge in [0.1, 0.15) is 0 Å². The molecule has 148 valence electrons. The summed E-state index contributed by atoms with van der Waals surface area (Å²) in [6, 6.07) is 10.2. The van der Waals surface area contributed by atoms with Crippen molar-refractivity contribution in [3.05, 3.63) is 47.5 Å². The molecule has 1 atom stereocenters. The van der Waals surface area contributed by atoms with Crippen LogP contribution in [0.3, 0.4) is 0 Å². The van der Waals surface area contributed by atoms with E-state index >= 15 is 0 Å². The molecule has 1 aromatic carbocycles. The van der Waals surface area contributed by atoms with E-state index in [4.69, 9.17) is 10.5 Å². The van der Waals surface area contributed by atoms with Crippen LogP contribution in [0.2, 0.25) is 0 Å². The molecule has 3 rings (SSSR count). The lowest BCUT2D eigenvalue weighted by Gasteiger charge is -2.35. The maximum atomic E-state index is 6.18. The number of thiazole rings is 1. The van der Waals surface area contributed by atoms with Crippen LogP contribution >= 0.6 is 35.3 Å². The van der Waals surface area contributed by atoms with Crippen molar-refractivity contribution in [2.24, 2.45) is 16.6 Å². The maximum Gasteiger partial charge on any atom is 0.191 e. The van der Waals surface area contributed by atoms with E-state index in [0.717, 1.165) is 31.3 Å². The van der Waals surface area contributed by atoms with E-state index in [-0.39, 0.29) is 24.0 Å². The molecule has 0 spiro atoms. The van der Waals surface area contributed by atoms with Gasteiger partial charge in [-0.15, -0.1) is 35.3 Å². The zero-order chi connectivity index (χ0) is 18.2. The van der Waals surface area contributed by atoms with Crippen molar-refractivity contribution in [1.82, 2.24) is 9.88 Å². The summed E-state index contributed by atoms with van der Waals surface area (Å²) in [5.41, 5.74) is 7.38. The molecule has 2 heterocycles. The molecule has 2 N–H and O–H groups in total. The van der Waals surface area contributed by atoms with Gasteiger partial charge in [0.15, 0.2) is 11.1 Å². The van der Waals surface area contributed by atoms with Gasteiger partial charge in [-0.3, -0.25) is 4.99 Å². The van der Waals surface area contributed by atoms with Crippen molar-refractivity contribution in [2.75, 3.05) is 44.2 Å². The molecule has 1 fully saturated rings. The van der Waals surface area contributed by atoms with Gasteiger partial charge in [-0.2, -0.15) is 0 Å². The van der Waals surface area contributed by atoms with Gasteiger partial charge in [0.05, 0.1) is 13.2 Å². The van der Waals surface area contributed by atoms with Crippen molar-refractivity contribution < 1.29 is 4.74 Å². The minimum atomic E-state index is 0. The van der Waals surface area contributed by atoms with E-state index in [1.165, 1.54) is 5.56 Å². The Kier molecular flexibility index (Phi) is 9.29. The Morgan fingerprint density at radius 2 is 2.00 bits per heavy atom. The van der Waals surface area contributed by atoms with Gasteiger partial charge >= 0.3 is 0 Å². The third-order valence-corrected chi connectivity index (χ3v) is 5.20. The van der Waals surface area contributed by atoms with Crippen LogP contribution in [0.15, 0.2) is 46.9 Å². The summed E-state index contributed by atoms with van der Waals surface area (Å²) in [4.78, 5) is 13.4. The number of benzene rings is 1. The lowest BCUT2D eigenvalue weighted by Crippen LogP contribution is -2.51. The molecule has 1 aliphatic rings. The van der Waals surface area contributed by atoms with Gasteiger partial charge in [0.2, 0.25) is 0 Å². The van der Waals surface area contributed by atoms with Crippen molar-refractivity contribution >= 4 is 46.4 Å². The number of rotatable bonds is 7. The number of hydrogen-bond acceptors (Lipinski definition) is 5. The van der Waals surface area contributed by atoms with E-state index in [0.29, 0.717) is 31.6 Å². The number of anilines is 1. The van der Waals surface area contributed by atoms with Crippen LogP contribution in [0, 0.1) is 5.92 Å². The number of ether oxygens (including phenoxy) is 1. The summed E-state index contributed by atoms with van der Waals surface area (Å²) >= 11 is 1.68. The van der Waals surface area contributed by atoms with E-state index in [1.54, 1.807) is 11.3 Å². The van der Waals surface area contributed by atoms with Gasteiger partial charge in [-0.25, -0.2) is 4.98 Å². The molecule has 8 heteroatoms. The van der Waals surface area contributed by atoms with Gasteiger partial charge in [-0.1, -0.05) is 37.3 Å². The Bertz CT molecular complexity index is 675. The van der Waals surface area contributed by atoms with Crippen LogP contribution in [0.1, 0.15) is 12.5 Å². The summed E-state index contributed by atoms with van der Waals surface area (Å²) < 4.78 is 5.78. The number of nitrogens with two attached hydrogens (primary N) is 1. The SMILES string of the molecule is CC(CN=C(N)N1CCN(c2nccs2)CC1)COCc1ccccc1.I. The first-order valence-corrected chi connectivity index (χ1v) is 9.91. The molecular formula is C19H28IN5OS. The number of nitrogens with zero attached hydrogens (tertiary/aromatic N) is 4. The van der Waals surface area contributed by atoms with Gasteiger partial charge in [0.25, 0.3) is 0 Å². The van der Waals surface area contributed by atoms with E-state index in [2.05, 4.69) is 38.8 Å². The quantitative estimate of drug-likeness (QED) is 0.359. The van der Waals surface area contributed by atoms with E-state index < -0.39 is 0 Å². The highest BCUT2D eigenvalue weighted by Crippen LogP contribution is 2.18. The summed E-state index contributed by atoms with van der Waals surface area (Å²) in [6.07, 6.45) is 1.85. The second kappa shape index (κ2) is 11.5. The molecule has 0 radical (unpaired) electrons. The normalized spacial score (nSPS) is 16.1. The van der Waals surface area contributed by atoms with Crippen LogP contribution in [-0.4, -0.2) is 55.2 Å². The van der Waals surface area contributed by atoms with Crippen molar-refractivity contribution in [1.29, 1.82) is 0 Å². The van der Waals surface area contributed by atoms with Crippen molar-refractivity contribution in [2.45, 2.75) is 13.5 Å². The highest BCUT2D eigenvalue weighted by Gasteiger charge is 2.19. The van der Waals surface area contributed by atoms with Crippen LogP contribution in [0.4, 0.5) is 5.13 Å². The average Bonchev–Trinajstić information content (AvgIpc) is 3.22. The minimum absolute atomic E-state index is 0. The summed E-state index contributed by atoms with van der Waals surface area (Å²) in [5, 5.41) is 3.10. The molecular weight excluding hydrogens is 473 g/mol. The molecule has 0 saturated carbocycles. The number of halogens is 1. The topological polar surface area (TPSA) is 67.0 Å². The highest BCUT2D eigenvalue weighted by molar-refractivity contribution is 14.0. The largest absolute Gasteiger partial charge is 0.376 e. The average molecular weight is 501 g/mol.